The molecule has 0 unspecified atom stereocenters. The summed E-state index contributed by atoms with van der Waals surface area (Å²) in [6.45, 7) is 3.63. The Kier molecular flexibility index (Phi) is 3.61. The number of ether oxygens (including phenoxy) is 1. The van der Waals surface area contributed by atoms with Crippen LogP contribution in [0.4, 0.5) is 0 Å². The fourth-order valence-corrected chi connectivity index (χ4v) is 3.12. The van der Waals surface area contributed by atoms with Gasteiger partial charge in [0.1, 0.15) is 11.4 Å². The van der Waals surface area contributed by atoms with E-state index in [0.717, 1.165) is 52.6 Å². The van der Waals surface area contributed by atoms with E-state index in [1.165, 1.54) is 0 Å². The molecule has 0 saturated carbocycles. The van der Waals surface area contributed by atoms with E-state index < -0.39 is 0 Å². The van der Waals surface area contributed by atoms with Crippen LogP contribution in [0, 0.1) is 0 Å². The van der Waals surface area contributed by atoms with Crippen molar-refractivity contribution in [2.45, 2.75) is 13.5 Å². The van der Waals surface area contributed by atoms with Gasteiger partial charge in [-0.2, -0.15) is 5.10 Å². The van der Waals surface area contributed by atoms with E-state index in [0.29, 0.717) is 0 Å². The summed E-state index contributed by atoms with van der Waals surface area (Å²) >= 11 is 0. The van der Waals surface area contributed by atoms with Gasteiger partial charge in [-0.3, -0.25) is 14.7 Å². The maximum absolute atomic E-state index is 5.27. The van der Waals surface area contributed by atoms with Crippen LogP contribution in [-0.2, 0) is 6.54 Å². The Bertz CT molecular complexity index is 895. The second-order valence-electron chi connectivity index (χ2n) is 5.73. The lowest BCUT2D eigenvalue weighted by molar-refractivity contribution is 0.415. The molecule has 5 nitrogen and oxygen atoms in total. The summed E-state index contributed by atoms with van der Waals surface area (Å²) in [4.78, 5) is 8.75. The fraction of sp³-hybridized carbons (Fsp3) is 0.211. The summed E-state index contributed by atoms with van der Waals surface area (Å²) in [6.07, 6.45) is 3.62. The third-order valence-corrected chi connectivity index (χ3v) is 4.29. The van der Waals surface area contributed by atoms with Crippen molar-refractivity contribution in [2.24, 2.45) is 4.99 Å². The molecule has 0 bridgehead atoms. The molecule has 2 aromatic heterocycles. The first-order valence-corrected chi connectivity index (χ1v) is 7.95. The molecule has 1 aliphatic rings. The Hall–Kier alpha value is -2.95. The van der Waals surface area contributed by atoms with Crippen LogP contribution in [0.1, 0.15) is 12.6 Å². The Labute approximate surface area is 140 Å². The zero-order chi connectivity index (χ0) is 16.5. The molecule has 0 spiro atoms. The van der Waals surface area contributed by atoms with Crippen molar-refractivity contribution in [3.05, 3.63) is 54.5 Å². The van der Waals surface area contributed by atoms with Gasteiger partial charge in [-0.05, 0) is 48.9 Å². The average molecular weight is 318 g/mol. The van der Waals surface area contributed by atoms with Crippen LogP contribution >= 0.6 is 0 Å². The highest BCUT2D eigenvalue weighted by Crippen LogP contribution is 2.36. The van der Waals surface area contributed by atoms with E-state index in [4.69, 9.17) is 9.84 Å². The van der Waals surface area contributed by atoms with Gasteiger partial charge < -0.3 is 4.74 Å². The number of pyridine rings is 1. The molecular weight excluding hydrogens is 300 g/mol. The molecule has 3 aromatic rings. The summed E-state index contributed by atoms with van der Waals surface area (Å²) in [7, 11) is 1.67. The van der Waals surface area contributed by atoms with Crippen molar-refractivity contribution < 1.29 is 4.74 Å². The largest absolute Gasteiger partial charge is 0.497 e. The maximum atomic E-state index is 5.27. The first-order chi connectivity index (χ1) is 11.8. The number of nitrogens with zero attached hydrogens (tertiary/aromatic N) is 4. The van der Waals surface area contributed by atoms with Gasteiger partial charge >= 0.3 is 0 Å². The first-order valence-electron chi connectivity index (χ1n) is 7.95. The molecular formula is C19H18N4O. The average Bonchev–Trinajstić information content (AvgIpc) is 3.03. The van der Waals surface area contributed by atoms with Gasteiger partial charge in [0.15, 0.2) is 0 Å². The summed E-state index contributed by atoms with van der Waals surface area (Å²) in [5.41, 5.74) is 6.38. The molecule has 0 atom stereocenters. The van der Waals surface area contributed by atoms with E-state index in [9.17, 15) is 0 Å². The Morgan fingerprint density at radius 3 is 2.46 bits per heavy atom. The number of fused-ring (bicyclic) bond motifs is 1. The number of rotatable bonds is 3. The fourth-order valence-electron chi connectivity index (χ4n) is 3.12. The molecule has 0 saturated heterocycles. The third kappa shape index (κ3) is 2.38. The highest BCUT2D eigenvalue weighted by molar-refractivity contribution is 6.06. The predicted molar refractivity (Wildman–Crippen MR) is 94.5 cm³/mol. The van der Waals surface area contributed by atoms with Crippen LogP contribution in [-0.4, -0.2) is 34.1 Å². The molecule has 0 radical (unpaired) electrons. The number of methoxy groups -OCH3 is 1. The molecule has 1 aromatic carbocycles. The molecule has 0 fully saturated rings. The van der Waals surface area contributed by atoms with E-state index >= 15 is 0 Å². The smallest absolute Gasteiger partial charge is 0.118 e. The minimum absolute atomic E-state index is 0.776. The summed E-state index contributed by atoms with van der Waals surface area (Å²) in [5, 5.41) is 4.88. The quantitative estimate of drug-likeness (QED) is 0.743. The van der Waals surface area contributed by atoms with E-state index in [2.05, 4.69) is 21.6 Å². The Morgan fingerprint density at radius 1 is 1.00 bits per heavy atom. The molecule has 0 amide bonds. The minimum atomic E-state index is 0.776. The van der Waals surface area contributed by atoms with E-state index in [1.807, 2.05) is 48.8 Å². The number of hydrogen-bond donors (Lipinski definition) is 0. The van der Waals surface area contributed by atoms with Crippen LogP contribution in [0.25, 0.3) is 22.4 Å². The standard InChI is InChI=1S/C19H18N4O/c1-13-19-17(14-7-9-20-10-8-14)18(22-23(19)12-11-21-13)15-3-5-16(24-2)6-4-15/h3-10H,11-12H2,1-2H3. The van der Waals surface area contributed by atoms with Gasteiger partial charge in [-0.15, -0.1) is 0 Å². The normalized spacial score (nSPS) is 13.3. The number of aromatic nitrogens is 3. The van der Waals surface area contributed by atoms with Gasteiger partial charge in [-0.25, -0.2) is 0 Å². The second-order valence-corrected chi connectivity index (χ2v) is 5.73. The van der Waals surface area contributed by atoms with Crippen molar-refractivity contribution in [1.29, 1.82) is 0 Å². The van der Waals surface area contributed by atoms with Crippen LogP contribution in [0.3, 0.4) is 0 Å². The molecule has 5 heteroatoms. The van der Waals surface area contributed by atoms with Crippen molar-refractivity contribution in [3.63, 3.8) is 0 Å². The molecule has 24 heavy (non-hydrogen) atoms. The van der Waals surface area contributed by atoms with Gasteiger partial charge in [0.05, 0.1) is 31.6 Å². The molecule has 0 aliphatic carbocycles. The highest BCUT2D eigenvalue weighted by atomic mass is 16.5. The summed E-state index contributed by atoms with van der Waals surface area (Å²) < 4.78 is 7.33. The molecule has 1 aliphatic heterocycles. The summed E-state index contributed by atoms with van der Waals surface area (Å²) in [5.74, 6) is 0.839. The molecule has 3 heterocycles. The lowest BCUT2D eigenvalue weighted by Gasteiger charge is -2.13. The minimum Gasteiger partial charge on any atom is -0.497 e. The SMILES string of the molecule is COc1ccc(-c2nn3c(c2-c2ccncc2)C(C)=NCC3)cc1. The highest BCUT2D eigenvalue weighted by Gasteiger charge is 2.24. The maximum Gasteiger partial charge on any atom is 0.118 e. The molecule has 4 rings (SSSR count). The predicted octanol–water partition coefficient (Wildman–Crippen LogP) is 3.44. The zero-order valence-corrected chi connectivity index (χ0v) is 13.7. The number of aliphatic imine (C=N–C) groups is 1. The van der Waals surface area contributed by atoms with Gasteiger partial charge in [-0.1, -0.05) is 0 Å². The summed E-state index contributed by atoms with van der Waals surface area (Å²) in [6, 6.07) is 12.1. The Balaban J connectivity index is 1.95. The molecule has 120 valence electrons. The zero-order valence-electron chi connectivity index (χ0n) is 13.7. The van der Waals surface area contributed by atoms with Gasteiger partial charge in [0.2, 0.25) is 0 Å². The van der Waals surface area contributed by atoms with Crippen molar-refractivity contribution >= 4 is 5.71 Å². The topological polar surface area (TPSA) is 52.3 Å². The Morgan fingerprint density at radius 2 is 1.75 bits per heavy atom. The lowest BCUT2D eigenvalue weighted by Crippen LogP contribution is -2.17. The van der Waals surface area contributed by atoms with Crippen molar-refractivity contribution in [1.82, 2.24) is 14.8 Å². The van der Waals surface area contributed by atoms with Crippen LogP contribution < -0.4 is 4.74 Å². The lowest BCUT2D eigenvalue weighted by atomic mass is 9.98. The van der Waals surface area contributed by atoms with E-state index in [1.54, 1.807) is 7.11 Å². The number of benzene rings is 1. The van der Waals surface area contributed by atoms with Crippen molar-refractivity contribution in [3.8, 4) is 28.1 Å². The van der Waals surface area contributed by atoms with Gasteiger partial charge in [0, 0.05) is 23.5 Å². The first kappa shape index (κ1) is 14.6. The van der Waals surface area contributed by atoms with Crippen LogP contribution in [0.2, 0.25) is 0 Å². The van der Waals surface area contributed by atoms with Crippen molar-refractivity contribution in [2.75, 3.05) is 13.7 Å². The third-order valence-electron chi connectivity index (χ3n) is 4.29. The second kappa shape index (κ2) is 5.92. The van der Waals surface area contributed by atoms with Crippen LogP contribution in [0.5, 0.6) is 5.75 Å². The monoisotopic (exact) mass is 318 g/mol. The van der Waals surface area contributed by atoms with E-state index in [-0.39, 0.29) is 0 Å². The van der Waals surface area contributed by atoms with Gasteiger partial charge in [0.25, 0.3) is 0 Å². The van der Waals surface area contributed by atoms with Crippen LogP contribution in [0.15, 0.2) is 53.8 Å². The number of hydrogen-bond acceptors (Lipinski definition) is 4. The molecule has 0 N–H and O–H groups in total.